The summed E-state index contributed by atoms with van der Waals surface area (Å²) in [5, 5.41) is 0. The summed E-state index contributed by atoms with van der Waals surface area (Å²) < 4.78 is 16.6. The van der Waals surface area contributed by atoms with Crippen molar-refractivity contribution in [2.75, 3.05) is 46.1 Å². The fourth-order valence-corrected chi connectivity index (χ4v) is 4.37. The maximum absolute atomic E-state index is 12.3. The Balaban J connectivity index is 1.59. The average molecular weight is 383 g/mol. The molecule has 0 saturated carbocycles. The highest BCUT2D eigenvalue weighted by molar-refractivity contribution is 7.12. The molecule has 7 heteroatoms. The summed E-state index contributed by atoms with van der Waals surface area (Å²) >= 11 is 1.87. The Morgan fingerprint density at radius 1 is 1.15 bits per heavy atom. The van der Waals surface area contributed by atoms with Gasteiger partial charge in [-0.05, 0) is 38.8 Å². The van der Waals surface area contributed by atoms with E-state index in [1.165, 1.54) is 15.3 Å². The molecule has 2 aliphatic rings. The first kappa shape index (κ1) is 19.6. The van der Waals surface area contributed by atoms with Crippen molar-refractivity contribution in [1.29, 1.82) is 0 Å². The lowest BCUT2D eigenvalue weighted by molar-refractivity contribution is 0.0225. The third-order valence-electron chi connectivity index (χ3n) is 4.42. The van der Waals surface area contributed by atoms with Gasteiger partial charge in [0.25, 0.3) is 0 Å². The molecule has 2 aliphatic heterocycles. The smallest absolute Gasteiger partial charge is 0.410 e. The molecule has 146 valence electrons. The Kier molecular flexibility index (Phi) is 6.55. The molecule has 1 aromatic heterocycles. The summed E-state index contributed by atoms with van der Waals surface area (Å²) in [4.78, 5) is 19.3. The molecule has 3 heterocycles. The second kappa shape index (κ2) is 8.69. The molecular weight excluding hydrogens is 352 g/mol. The van der Waals surface area contributed by atoms with E-state index < -0.39 is 5.60 Å². The molecule has 0 aliphatic carbocycles. The minimum atomic E-state index is -0.453. The van der Waals surface area contributed by atoms with Crippen LogP contribution in [-0.2, 0) is 33.7 Å². The second-order valence-electron chi connectivity index (χ2n) is 7.81. The molecular formula is C19H30N2O4S. The van der Waals surface area contributed by atoms with E-state index in [9.17, 15) is 4.79 Å². The summed E-state index contributed by atoms with van der Waals surface area (Å²) in [6, 6.07) is 2.25. The largest absolute Gasteiger partial charge is 0.444 e. The molecule has 0 atom stereocenters. The molecule has 0 aromatic carbocycles. The molecule has 0 radical (unpaired) electrons. The van der Waals surface area contributed by atoms with Crippen LogP contribution in [0.3, 0.4) is 0 Å². The number of amides is 1. The highest BCUT2D eigenvalue weighted by Crippen LogP contribution is 2.29. The minimum Gasteiger partial charge on any atom is -0.444 e. The minimum absolute atomic E-state index is 0.217. The second-order valence-corrected chi connectivity index (χ2v) is 9.04. The SMILES string of the molecule is CC(C)(C)OC(=O)N1CCc2sc(CN3CCOCCOCC3)cc2C1. The number of fused-ring (bicyclic) bond motifs is 1. The van der Waals surface area contributed by atoms with Gasteiger partial charge in [-0.2, -0.15) is 0 Å². The lowest BCUT2D eigenvalue weighted by Crippen LogP contribution is -2.39. The van der Waals surface area contributed by atoms with Crippen LogP contribution in [-0.4, -0.2) is 67.6 Å². The van der Waals surface area contributed by atoms with Crippen molar-refractivity contribution in [2.24, 2.45) is 0 Å². The number of carbonyl (C=O) groups is 1. The quantitative estimate of drug-likeness (QED) is 0.787. The van der Waals surface area contributed by atoms with Crippen molar-refractivity contribution in [3.05, 3.63) is 21.4 Å². The molecule has 26 heavy (non-hydrogen) atoms. The van der Waals surface area contributed by atoms with Gasteiger partial charge in [0.05, 0.1) is 33.0 Å². The number of rotatable bonds is 2. The third-order valence-corrected chi connectivity index (χ3v) is 5.65. The predicted molar refractivity (Wildman–Crippen MR) is 102 cm³/mol. The first-order valence-corrected chi connectivity index (χ1v) is 10.2. The molecule has 0 N–H and O–H groups in total. The van der Waals surface area contributed by atoms with Crippen LogP contribution in [0.1, 0.15) is 36.1 Å². The van der Waals surface area contributed by atoms with Crippen LogP contribution < -0.4 is 0 Å². The Morgan fingerprint density at radius 2 is 1.85 bits per heavy atom. The van der Waals surface area contributed by atoms with E-state index in [2.05, 4.69) is 11.0 Å². The third kappa shape index (κ3) is 5.67. The number of thiophene rings is 1. The Bertz CT molecular complexity index is 601. The fourth-order valence-electron chi connectivity index (χ4n) is 3.15. The van der Waals surface area contributed by atoms with Crippen LogP contribution in [0.15, 0.2) is 6.07 Å². The number of ether oxygens (including phenoxy) is 3. The van der Waals surface area contributed by atoms with E-state index in [4.69, 9.17) is 14.2 Å². The van der Waals surface area contributed by atoms with Crippen LogP contribution in [0.5, 0.6) is 0 Å². The molecule has 1 saturated heterocycles. The number of hydrogen-bond acceptors (Lipinski definition) is 6. The van der Waals surface area contributed by atoms with E-state index in [0.717, 1.165) is 45.8 Å². The van der Waals surface area contributed by atoms with Gasteiger partial charge in [-0.1, -0.05) is 0 Å². The highest BCUT2D eigenvalue weighted by Gasteiger charge is 2.27. The van der Waals surface area contributed by atoms with Gasteiger partial charge in [0, 0.05) is 35.9 Å². The van der Waals surface area contributed by atoms with Gasteiger partial charge >= 0.3 is 6.09 Å². The van der Waals surface area contributed by atoms with Gasteiger partial charge in [-0.25, -0.2) is 4.79 Å². The van der Waals surface area contributed by atoms with Crippen molar-refractivity contribution in [3.63, 3.8) is 0 Å². The fraction of sp³-hybridized carbons (Fsp3) is 0.737. The monoisotopic (exact) mass is 382 g/mol. The van der Waals surface area contributed by atoms with E-state index >= 15 is 0 Å². The van der Waals surface area contributed by atoms with Gasteiger partial charge in [0.15, 0.2) is 0 Å². The number of nitrogens with zero attached hydrogens (tertiary/aromatic N) is 2. The lowest BCUT2D eigenvalue weighted by Gasteiger charge is -2.29. The van der Waals surface area contributed by atoms with Gasteiger partial charge in [-0.15, -0.1) is 11.3 Å². The molecule has 6 nitrogen and oxygen atoms in total. The summed E-state index contributed by atoms with van der Waals surface area (Å²) in [5.74, 6) is 0. The van der Waals surface area contributed by atoms with Gasteiger partial charge < -0.3 is 19.1 Å². The standard InChI is InChI=1S/C19H30N2O4S/c1-19(2,3)25-18(22)21-5-4-17-15(13-21)12-16(26-17)14-20-6-8-23-10-11-24-9-7-20/h12H,4-11,13-14H2,1-3H3. The summed E-state index contributed by atoms with van der Waals surface area (Å²) in [6.07, 6.45) is 0.691. The van der Waals surface area contributed by atoms with Crippen LogP contribution >= 0.6 is 11.3 Å². The van der Waals surface area contributed by atoms with Crippen molar-refractivity contribution in [3.8, 4) is 0 Å². The van der Waals surface area contributed by atoms with Crippen LogP contribution in [0.25, 0.3) is 0 Å². The van der Waals surface area contributed by atoms with E-state index in [1.54, 1.807) is 0 Å². The maximum atomic E-state index is 12.3. The van der Waals surface area contributed by atoms with Gasteiger partial charge in [0.1, 0.15) is 5.60 Å². The highest BCUT2D eigenvalue weighted by atomic mass is 32.1. The summed E-state index contributed by atoms with van der Waals surface area (Å²) in [5.41, 5.74) is 0.810. The predicted octanol–water partition coefficient (Wildman–Crippen LogP) is 2.89. The zero-order valence-corrected chi connectivity index (χ0v) is 16.9. The van der Waals surface area contributed by atoms with Crippen LogP contribution in [0, 0.1) is 0 Å². The van der Waals surface area contributed by atoms with Crippen molar-refractivity contribution < 1.29 is 19.0 Å². The van der Waals surface area contributed by atoms with Crippen molar-refractivity contribution in [1.82, 2.24) is 9.80 Å². The Hall–Kier alpha value is -1.15. The summed E-state index contributed by atoms with van der Waals surface area (Å²) in [7, 11) is 0. The zero-order chi connectivity index (χ0) is 18.6. The summed E-state index contributed by atoms with van der Waals surface area (Å²) in [6.45, 7) is 12.7. The van der Waals surface area contributed by atoms with Gasteiger partial charge in [-0.3, -0.25) is 4.90 Å². The molecule has 3 rings (SSSR count). The average Bonchev–Trinajstić information content (AvgIpc) is 3.00. The van der Waals surface area contributed by atoms with Crippen molar-refractivity contribution in [2.45, 2.75) is 45.9 Å². The van der Waals surface area contributed by atoms with Gasteiger partial charge in [0.2, 0.25) is 0 Å². The first-order chi connectivity index (χ1) is 12.4. The number of carbonyl (C=O) groups excluding carboxylic acids is 1. The molecule has 0 bridgehead atoms. The first-order valence-electron chi connectivity index (χ1n) is 9.37. The Labute approximate surface area is 160 Å². The molecule has 1 fully saturated rings. The molecule has 0 unspecified atom stereocenters. The normalized spacial score (nSPS) is 20.0. The number of hydrogen-bond donors (Lipinski definition) is 0. The topological polar surface area (TPSA) is 51.2 Å². The molecule has 0 spiro atoms. The van der Waals surface area contributed by atoms with E-state index in [1.807, 2.05) is 37.0 Å². The Morgan fingerprint density at radius 3 is 2.50 bits per heavy atom. The molecule has 1 amide bonds. The van der Waals surface area contributed by atoms with Crippen molar-refractivity contribution >= 4 is 17.4 Å². The van der Waals surface area contributed by atoms with Crippen LogP contribution in [0.4, 0.5) is 4.79 Å². The zero-order valence-electron chi connectivity index (χ0n) is 16.1. The van der Waals surface area contributed by atoms with E-state index in [0.29, 0.717) is 19.8 Å². The molecule has 1 aromatic rings. The lowest BCUT2D eigenvalue weighted by atomic mass is 10.1. The van der Waals surface area contributed by atoms with E-state index in [-0.39, 0.29) is 6.09 Å². The maximum Gasteiger partial charge on any atom is 0.410 e. The van der Waals surface area contributed by atoms with Crippen LogP contribution in [0.2, 0.25) is 0 Å².